The molecule has 54 valence electrons. The zero-order valence-electron chi connectivity index (χ0n) is 7.59. The van der Waals surface area contributed by atoms with Crippen LogP contribution in [-0.2, 0) is 6.42 Å². The van der Waals surface area contributed by atoms with Gasteiger partial charge < -0.3 is 0 Å². The van der Waals surface area contributed by atoms with Crippen LogP contribution in [0.25, 0.3) is 0 Å². The summed E-state index contributed by atoms with van der Waals surface area (Å²) in [5.41, 5.74) is 1.49. The molecule has 1 rings (SSSR count). The van der Waals surface area contributed by atoms with E-state index >= 15 is 0 Å². The molecule has 0 aromatic heterocycles. The summed E-state index contributed by atoms with van der Waals surface area (Å²) in [4.78, 5) is 0. The molecular formula is C10H13Li. The monoisotopic (exact) mass is 140 g/mol. The van der Waals surface area contributed by atoms with Gasteiger partial charge in [0.1, 0.15) is 0 Å². The molecule has 0 saturated carbocycles. The van der Waals surface area contributed by atoms with Gasteiger partial charge in [-0.25, -0.2) is 0 Å². The number of rotatable bonds is 2. The van der Waals surface area contributed by atoms with Crippen molar-refractivity contribution in [3.05, 3.63) is 29.8 Å². The molecule has 0 aliphatic rings. The average Bonchev–Trinajstić information content (AvgIpc) is 1.93. The standard InChI is InChI=1S/C10H13.Li/c1-9(2)8-10-6-4-3-5-7-10;/h3-6,9H,8H2,1-2H3;. The molecule has 0 aliphatic heterocycles. The van der Waals surface area contributed by atoms with Crippen LogP contribution in [0.2, 0.25) is 0 Å². The first-order valence-electron chi connectivity index (χ1n) is 4.24. The fourth-order valence-electron chi connectivity index (χ4n) is 1.28. The summed E-state index contributed by atoms with van der Waals surface area (Å²) >= 11 is 2.18. The van der Waals surface area contributed by atoms with Crippen molar-refractivity contribution in [3.63, 3.8) is 0 Å². The Morgan fingerprint density at radius 1 is 1.27 bits per heavy atom. The van der Waals surface area contributed by atoms with Gasteiger partial charge in [-0.3, -0.25) is 0 Å². The van der Waals surface area contributed by atoms with Gasteiger partial charge >= 0.3 is 78.0 Å². The molecule has 0 bridgehead atoms. The maximum atomic E-state index is 2.26. The molecule has 0 saturated heterocycles. The van der Waals surface area contributed by atoms with Crippen molar-refractivity contribution in [1.82, 2.24) is 0 Å². The first kappa shape index (κ1) is 8.91. The first-order chi connectivity index (χ1) is 5.20. The van der Waals surface area contributed by atoms with Crippen molar-refractivity contribution in [2.75, 3.05) is 0 Å². The van der Waals surface area contributed by atoms with Crippen LogP contribution < -0.4 is 4.24 Å². The SMILES string of the molecule is [Li][c]1ccccc1CC(C)C. The molecule has 0 unspecified atom stereocenters. The number of benzene rings is 1. The van der Waals surface area contributed by atoms with E-state index < -0.39 is 0 Å². The van der Waals surface area contributed by atoms with Crippen LogP contribution in [0.4, 0.5) is 0 Å². The molecule has 0 amide bonds. The summed E-state index contributed by atoms with van der Waals surface area (Å²) in [5, 5.41) is 0. The molecule has 0 N–H and O–H groups in total. The minimum atomic E-state index is 0.760. The summed E-state index contributed by atoms with van der Waals surface area (Å²) in [5.74, 6) is 0.760. The molecule has 0 atom stereocenters. The van der Waals surface area contributed by atoms with Gasteiger partial charge in [-0.05, 0) is 0 Å². The van der Waals surface area contributed by atoms with Gasteiger partial charge in [-0.2, -0.15) is 0 Å². The fourth-order valence-corrected chi connectivity index (χ4v) is 1.28. The first-order valence-corrected chi connectivity index (χ1v) is 4.24. The second-order valence-corrected chi connectivity index (χ2v) is 3.52. The molecule has 11 heavy (non-hydrogen) atoms. The zero-order valence-corrected chi connectivity index (χ0v) is 7.59. The van der Waals surface area contributed by atoms with Crippen molar-refractivity contribution < 1.29 is 0 Å². The second kappa shape index (κ2) is 4.00. The molecule has 1 heteroatoms. The van der Waals surface area contributed by atoms with Gasteiger partial charge in [0.2, 0.25) is 0 Å². The minimum absolute atomic E-state index is 0.760. The van der Waals surface area contributed by atoms with E-state index in [0.717, 1.165) is 5.92 Å². The van der Waals surface area contributed by atoms with Crippen molar-refractivity contribution in [2.24, 2.45) is 5.92 Å². The van der Waals surface area contributed by atoms with E-state index in [1.54, 1.807) is 0 Å². The molecule has 0 spiro atoms. The Hall–Kier alpha value is -0.183. The predicted octanol–water partition coefficient (Wildman–Crippen LogP) is 1.68. The van der Waals surface area contributed by atoms with Gasteiger partial charge in [0.15, 0.2) is 0 Å². The van der Waals surface area contributed by atoms with Crippen molar-refractivity contribution in [2.45, 2.75) is 20.3 Å². The Labute approximate surface area is 78.2 Å². The number of hydrogen-bond acceptors (Lipinski definition) is 0. The predicted molar refractivity (Wildman–Crippen MR) is 50.4 cm³/mol. The van der Waals surface area contributed by atoms with E-state index in [-0.39, 0.29) is 0 Å². The van der Waals surface area contributed by atoms with E-state index in [9.17, 15) is 0 Å². The third-order valence-electron chi connectivity index (χ3n) is 1.89. The molecule has 0 nitrogen and oxygen atoms in total. The third kappa shape index (κ3) is 2.73. The summed E-state index contributed by atoms with van der Waals surface area (Å²) in [6.07, 6.45) is 1.20. The zero-order chi connectivity index (χ0) is 8.27. The van der Waals surface area contributed by atoms with Crippen LogP contribution in [0.15, 0.2) is 24.3 Å². The third-order valence-corrected chi connectivity index (χ3v) is 1.89. The van der Waals surface area contributed by atoms with E-state index in [0.29, 0.717) is 0 Å². The second-order valence-electron chi connectivity index (χ2n) is 3.52. The Bertz CT molecular complexity index is 228. The molecule has 0 heterocycles. The topological polar surface area (TPSA) is 0 Å². The van der Waals surface area contributed by atoms with Gasteiger partial charge in [0.25, 0.3) is 0 Å². The van der Waals surface area contributed by atoms with Gasteiger partial charge in [0, 0.05) is 0 Å². The molecule has 0 radical (unpaired) electrons. The molecular weight excluding hydrogens is 127 g/mol. The van der Waals surface area contributed by atoms with Crippen molar-refractivity contribution in [1.29, 1.82) is 0 Å². The Morgan fingerprint density at radius 2 is 1.91 bits per heavy atom. The van der Waals surface area contributed by atoms with Gasteiger partial charge in [0.05, 0.1) is 0 Å². The molecule has 0 fully saturated rings. The molecule has 0 aliphatic carbocycles. The van der Waals surface area contributed by atoms with Crippen LogP contribution in [0, 0.1) is 5.92 Å². The average molecular weight is 140 g/mol. The van der Waals surface area contributed by atoms with Gasteiger partial charge in [-0.15, -0.1) is 0 Å². The van der Waals surface area contributed by atoms with E-state index in [4.69, 9.17) is 0 Å². The van der Waals surface area contributed by atoms with Crippen LogP contribution in [0.5, 0.6) is 0 Å². The fraction of sp³-hybridized carbons (Fsp3) is 0.400. The van der Waals surface area contributed by atoms with Crippen LogP contribution >= 0.6 is 0 Å². The van der Waals surface area contributed by atoms with Crippen molar-refractivity contribution in [3.8, 4) is 0 Å². The van der Waals surface area contributed by atoms with Crippen molar-refractivity contribution >= 4 is 22.0 Å². The summed E-state index contributed by atoms with van der Waals surface area (Å²) < 4.78 is 1.42. The van der Waals surface area contributed by atoms with E-state index in [1.807, 2.05) is 0 Å². The summed E-state index contributed by atoms with van der Waals surface area (Å²) in [6.45, 7) is 4.51. The van der Waals surface area contributed by atoms with E-state index in [2.05, 4.69) is 55.8 Å². The number of hydrogen-bond donors (Lipinski definition) is 0. The van der Waals surface area contributed by atoms with Crippen LogP contribution in [0.1, 0.15) is 19.4 Å². The quantitative estimate of drug-likeness (QED) is 0.548. The summed E-state index contributed by atoms with van der Waals surface area (Å²) in [6, 6.07) is 8.61. The Morgan fingerprint density at radius 3 is 2.45 bits per heavy atom. The van der Waals surface area contributed by atoms with Crippen LogP contribution in [-0.4, -0.2) is 17.7 Å². The van der Waals surface area contributed by atoms with Crippen LogP contribution in [0.3, 0.4) is 0 Å². The normalized spacial score (nSPS) is 10.6. The Kier molecular flexibility index (Phi) is 3.24. The van der Waals surface area contributed by atoms with Gasteiger partial charge in [-0.1, -0.05) is 0 Å². The molecule has 1 aromatic carbocycles. The maximum absolute atomic E-state index is 2.26. The summed E-state index contributed by atoms with van der Waals surface area (Å²) in [7, 11) is 0. The van der Waals surface area contributed by atoms with E-state index in [1.165, 1.54) is 16.2 Å². The Balaban J connectivity index is 2.78. The molecule has 1 aromatic rings.